The maximum absolute atomic E-state index is 13.7. The lowest BCUT2D eigenvalue weighted by Crippen LogP contribution is -2.06. The summed E-state index contributed by atoms with van der Waals surface area (Å²) in [6, 6.07) is 2.23. The highest BCUT2D eigenvalue weighted by atomic mass is 35.5. The fourth-order valence-electron chi connectivity index (χ4n) is 2.24. The van der Waals surface area contributed by atoms with Crippen LogP contribution in [-0.2, 0) is 13.0 Å². The van der Waals surface area contributed by atoms with Gasteiger partial charge < -0.3 is 4.57 Å². The second-order valence-electron chi connectivity index (χ2n) is 4.78. The van der Waals surface area contributed by atoms with E-state index < -0.39 is 11.6 Å². The van der Waals surface area contributed by atoms with Gasteiger partial charge in [0.2, 0.25) is 0 Å². The van der Waals surface area contributed by atoms with Gasteiger partial charge in [-0.25, -0.2) is 13.8 Å². The van der Waals surface area contributed by atoms with Crippen LogP contribution in [0.5, 0.6) is 0 Å². The molecule has 1 aromatic carbocycles. The molecule has 5 heteroatoms. The summed E-state index contributed by atoms with van der Waals surface area (Å²) in [4.78, 5) is 4.26. The molecular weight excluding hydrogens is 258 g/mol. The maximum atomic E-state index is 13.7. The Bertz CT molecular complexity index is 590. The molecule has 0 bridgehead atoms. The Kier molecular flexibility index (Phi) is 2.98. The molecule has 1 aliphatic rings. The second-order valence-corrected chi connectivity index (χ2v) is 5.15. The van der Waals surface area contributed by atoms with Gasteiger partial charge in [0.15, 0.2) is 5.82 Å². The van der Waals surface area contributed by atoms with Crippen molar-refractivity contribution in [1.82, 2.24) is 9.55 Å². The van der Waals surface area contributed by atoms with E-state index >= 15 is 0 Å². The number of alkyl halides is 1. The molecule has 0 unspecified atom stereocenters. The van der Waals surface area contributed by atoms with E-state index in [9.17, 15) is 8.78 Å². The molecule has 2 aromatic rings. The molecular formula is C13H13ClF2N2. The zero-order chi connectivity index (χ0) is 12.7. The molecule has 1 saturated carbocycles. The molecule has 96 valence electrons. The highest BCUT2D eigenvalue weighted by Gasteiger charge is 2.25. The van der Waals surface area contributed by atoms with E-state index in [2.05, 4.69) is 4.98 Å². The Labute approximate surface area is 109 Å². The van der Waals surface area contributed by atoms with Crippen LogP contribution < -0.4 is 0 Å². The first-order valence-electron chi connectivity index (χ1n) is 6.09. The molecule has 1 heterocycles. The highest BCUT2D eigenvalue weighted by molar-refractivity contribution is 6.17. The molecule has 0 saturated heterocycles. The predicted octanol–water partition coefficient (Wildman–Crippen LogP) is 3.51. The summed E-state index contributed by atoms with van der Waals surface area (Å²) in [5.74, 6) is 0.627. The van der Waals surface area contributed by atoms with E-state index in [1.165, 1.54) is 18.9 Å². The largest absolute Gasteiger partial charge is 0.327 e. The van der Waals surface area contributed by atoms with Crippen LogP contribution in [0.4, 0.5) is 8.78 Å². The summed E-state index contributed by atoms with van der Waals surface area (Å²) in [5, 5.41) is 0. The van der Waals surface area contributed by atoms with Crippen molar-refractivity contribution in [1.29, 1.82) is 0 Å². The molecule has 2 nitrogen and oxygen atoms in total. The summed E-state index contributed by atoms with van der Waals surface area (Å²) < 4.78 is 28.9. The number of hydrogen-bond acceptors (Lipinski definition) is 1. The van der Waals surface area contributed by atoms with Gasteiger partial charge >= 0.3 is 0 Å². The molecule has 0 atom stereocenters. The zero-order valence-corrected chi connectivity index (χ0v) is 10.6. The van der Waals surface area contributed by atoms with Crippen LogP contribution in [0, 0.1) is 17.6 Å². The number of hydrogen-bond donors (Lipinski definition) is 0. The third kappa shape index (κ3) is 2.09. The summed E-state index contributed by atoms with van der Waals surface area (Å²) in [7, 11) is 0. The minimum absolute atomic E-state index is 0.247. The quantitative estimate of drug-likeness (QED) is 0.778. The second kappa shape index (κ2) is 4.50. The van der Waals surface area contributed by atoms with E-state index in [-0.39, 0.29) is 5.52 Å². The van der Waals surface area contributed by atoms with Crippen molar-refractivity contribution in [2.24, 2.45) is 5.92 Å². The van der Waals surface area contributed by atoms with Crippen LogP contribution in [-0.4, -0.2) is 15.4 Å². The van der Waals surface area contributed by atoms with Gasteiger partial charge in [0.05, 0.1) is 5.52 Å². The van der Waals surface area contributed by atoms with Crippen LogP contribution in [0.15, 0.2) is 12.1 Å². The fourth-order valence-corrected chi connectivity index (χ4v) is 2.40. The Balaban J connectivity index is 2.15. The number of rotatable bonds is 4. The minimum Gasteiger partial charge on any atom is -0.327 e. The van der Waals surface area contributed by atoms with E-state index in [4.69, 9.17) is 11.6 Å². The third-order valence-corrected chi connectivity index (χ3v) is 3.50. The molecule has 0 amide bonds. The molecule has 3 rings (SSSR count). The topological polar surface area (TPSA) is 17.8 Å². The van der Waals surface area contributed by atoms with Crippen LogP contribution in [0.25, 0.3) is 11.0 Å². The highest BCUT2D eigenvalue weighted by Crippen LogP contribution is 2.33. The Hall–Kier alpha value is -1.16. The molecule has 0 aliphatic heterocycles. The average Bonchev–Trinajstić information content (AvgIpc) is 3.06. The van der Waals surface area contributed by atoms with Gasteiger partial charge in [-0.15, -0.1) is 11.6 Å². The summed E-state index contributed by atoms with van der Waals surface area (Å²) in [5.41, 5.74) is 0.789. The Morgan fingerprint density at radius 1 is 1.33 bits per heavy atom. The van der Waals surface area contributed by atoms with Gasteiger partial charge in [0.25, 0.3) is 0 Å². The van der Waals surface area contributed by atoms with Gasteiger partial charge in [0.1, 0.15) is 17.2 Å². The fraction of sp³-hybridized carbons (Fsp3) is 0.462. The average molecular weight is 271 g/mol. The van der Waals surface area contributed by atoms with E-state index in [0.717, 1.165) is 18.4 Å². The molecule has 18 heavy (non-hydrogen) atoms. The number of benzene rings is 1. The van der Waals surface area contributed by atoms with Crippen LogP contribution in [0.1, 0.15) is 18.7 Å². The summed E-state index contributed by atoms with van der Waals surface area (Å²) in [6.45, 7) is 0.783. The Morgan fingerprint density at radius 2 is 2.11 bits per heavy atom. The van der Waals surface area contributed by atoms with Gasteiger partial charge in [0, 0.05) is 24.9 Å². The van der Waals surface area contributed by atoms with E-state index in [1.54, 1.807) is 0 Å². The van der Waals surface area contributed by atoms with E-state index in [1.807, 2.05) is 4.57 Å². The normalized spacial score (nSPS) is 15.5. The smallest absolute Gasteiger partial charge is 0.153 e. The molecule has 1 aliphatic carbocycles. The zero-order valence-electron chi connectivity index (χ0n) is 9.80. The van der Waals surface area contributed by atoms with Crippen molar-refractivity contribution >= 4 is 22.6 Å². The van der Waals surface area contributed by atoms with Crippen molar-refractivity contribution in [3.8, 4) is 0 Å². The number of fused-ring (bicyclic) bond motifs is 1. The van der Waals surface area contributed by atoms with Crippen molar-refractivity contribution in [3.63, 3.8) is 0 Å². The lowest BCUT2D eigenvalue weighted by atomic mass is 10.3. The molecule has 0 N–H and O–H groups in total. The van der Waals surface area contributed by atoms with Gasteiger partial charge in [-0.05, 0) is 24.8 Å². The van der Waals surface area contributed by atoms with Crippen LogP contribution >= 0.6 is 11.6 Å². The van der Waals surface area contributed by atoms with Crippen LogP contribution in [0.2, 0.25) is 0 Å². The molecule has 0 spiro atoms. The molecule has 1 fully saturated rings. The summed E-state index contributed by atoms with van der Waals surface area (Å²) >= 11 is 5.74. The van der Waals surface area contributed by atoms with Crippen LogP contribution in [0.3, 0.4) is 0 Å². The van der Waals surface area contributed by atoms with Crippen molar-refractivity contribution < 1.29 is 8.78 Å². The number of halogens is 3. The molecule has 0 radical (unpaired) electrons. The standard InChI is InChI=1S/C13H13ClF2N2/c14-4-3-12-17-13-10(16)5-9(15)6-11(13)18(12)7-8-1-2-8/h5-6,8H,1-4,7H2. The predicted molar refractivity (Wildman–Crippen MR) is 66.8 cm³/mol. The SMILES string of the molecule is Fc1cc(F)c2nc(CCCl)n(CC3CC3)c2c1. The maximum Gasteiger partial charge on any atom is 0.153 e. The lowest BCUT2D eigenvalue weighted by Gasteiger charge is -2.07. The monoisotopic (exact) mass is 270 g/mol. The van der Waals surface area contributed by atoms with Crippen molar-refractivity contribution in [3.05, 3.63) is 29.6 Å². The van der Waals surface area contributed by atoms with Crippen molar-refractivity contribution in [2.45, 2.75) is 25.8 Å². The first-order chi connectivity index (χ1) is 8.69. The van der Waals surface area contributed by atoms with Crippen molar-refractivity contribution in [2.75, 3.05) is 5.88 Å². The number of aromatic nitrogens is 2. The van der Waals surface area contributed by atoms with Gasteiger partial charge in [-0.1, -0.05) is 0 Å². The lowest BCUT2D eigenvalue weighted by molar-refractivity contribution is 0.587. The minimum atomic E-state index is -0.602. The number of nitrogens with zero attached hydrogens (tertiary/aromatic N) is 2. The van der Waals surface area contributed by atoms with E-state index in [0.29, 0.717) is 23.7 Å². The first-order valence-corrected chi connectivity index (χ1v) is 6.62. The van der Waals surface area contributed by atoms with Gasteiger partial charge in [-0.2, -0.15) is 0 Å². The number of imidazole rings is 1. The van der Waals surface area contributed by atoms with Gasteiger partial charge in [-0.3, -0.25) is 0 Å². The number of aryl methyl sites for hydroxylation is 1. The third-order valence-electron chi connectivity index (χ3n) is 3.31. The first kappa shape index (κ1) is 11.9. The Morgan fingerprint density at radius 3 is 2.78 bits per heavy atom. The summed E-state index contributed by atoms with van der Waals surface area (Å²) in [6.07, 6.45) is 2.93. The molecule has 1 aromatic heterocycles.